The van der Waals surface area contributed by atoms with Crippen molar-refractivity contribution in [1.82, 2.24) is 4.90 Å². The Balaban J connectivity index is 4.86. The predicted octanol–water partition coefficient (Wildman–Crippen LogP) is 4.98. The van der Waals surface area contributed by atoms with Crippen LogP contribution in [0.2, 0.25) is 0 Å². The highest BCUT2D eigenvalue weighted by molar-refractivity contribution is 5.56. The molecular weight excluding hydrogens is 232 g/mol. The van der Waals surface area contributed by atoms with Gasteiger partial charge in [0.2, 0.25) is 0 Å². The normalized spacial score (nSPS) is 16.4. The number of hydrogen-bond donors (Lipinski definition) is 0. The smallest absolute Gasteiger partial charge is 0.0861 e. The predicted molar refractivity (Wildman–Crippen MR) is 87.9 cm³/mol. The summed E-state index contributed by atoms with van der Waals surface area (Å²) in [6.07, 6.45) is 4.54. The molecule has 114 valence electrons. The van der Waals surface area contributed by atoms with E-state index < -0.39 is 0 Å². The van der Waals surface area contributed by atoms with Gasteiger partial charge in [-0.2, -0.15) is 0 Å². The Morgan fingerprint density at radius 2 is 1.21 bits per heavy atom. The Bertz CT molecular complexity index is 245. The topological polar surface area (TPSA) is 15.6 Å². The van der Waals surface area contributed by atoms with Crippen LogP contribution in [0.4, 0.5) is 0 Å². The monoisotopic (exact) mass is 268 g/mol. The third-order valence-electron chi connectivity index (χ3n) is 3.22. The second kappa shape index (κ2) is 7.91. The van der Waals surface area contributed by atoms with E-state index >= 15 is 0 Å². The SMILES string of the molecule is CC(C)CC(C)N(C=NC(C)(C)C)C(C)CC(C)C. The van der Waals surface area contributed by atoms with Crippen LogP contribution in [0.25, 0.3) is 0 Å². The molecule has 0 saturated heterocycles. The quantitative estimate of drug-likeness (QED) is 0.469. The lowest BCUT2D eigenvalue weighted by Crippen LogP contribution is -2.41. The Morgan fingerprint density at radius 3 is 1.47 bits per heavy atom. The molecule has 0 aliphatic carbocycles. The summed E-state index contributed by atoms with van der Waals surface area (Å²) >= 11 is 0. The van der Waals surface area contributed by atoms with Gasteiger partial charge in [-0.25, -0.2) is 0 Å². The minimum Gasteiger partial charge on any atom is -0.358 e. The van der Waals surface area contributed by atoms with Gasteiger partial charge in [0.15, 0.2) is 0 Å². The first-order chi connectivity index (χ1) is 8.53. The van der Waals surface area contributed by atoms with Gasteiger partial charge in [0.1, 0.15) is 0 Å². The van der Waals surface area contributed by atoms with Gasteiger partial charge in [0.25, 0.3) is 0 Å². The Kier molecular flexibility index (Phi) is 7.69. The van der Waals surface area contributed by atoms with Crippen LogP contribution in [-0.4, -0.2) is 28.9 Å². The van der Waals surface area contributed by atoms with Gasteiger partial charge in [-0.3, -0.25) is 4.99 Å². The molecule has 0 amide bonds. The third-order valence-corrected chi connectivity index (χ3v) is 3.22. The van der Waals surface area contributed by atoms with Crippen LogP contribution < -0.4 is 0 Å². The van der Waals surface area contributed by atoms with Crippen molar-refractivity contribution in [1.29, 1.82) is 0 Å². The minimum atomic E-state index is 0.00729. The van der Waals surface area contributed by atoms with Crippen LogP contribution in [0.3, 0.4) is 0 Å². The molecular formula is C17H36N2. The van der Waals surface area contributed by atoms with Crippen molar-refractivity contribution in [3.63, 3.8) is 0 Å². The first-order valence-corrected chi connectivity index (χ1v) is 7.85. The number of rotatable bonds is 7. The highest BCUT2D eigenvalue weighted by atomic mass is 15.2. The van der Waals surface area contributed by atoms with Crippen LogP contribution in [0.15, 0.2) is 4.99 Å². The second-order valence-electron chi connectivity index (χ2n) is 7.82. The van der Waals surface area contributed by atoms with Crippen molar-refractivity contribution < 1.29 is 0 Å². The van der Waals surface area contributed by atoms with Crippen LogP contribution in [0.5, 0.6) is 0 Å². The molecule has 0 N–H and O–H groups in total. The van der Waals surface area contributed by atoms with Gasteiger partial charge in [0.05, 0.1) is 11.9 Å². The van der Waals surface area contributed by atoms with E-state index in [0.717, 1.165) is 11.8 Å². The molecule has 2 nitrogen and oxygen atoms in total. The summed E-state index contributed by atoms with van der Waals surface area (Å²) in [6, 6.07) is 1.11. The Labute approximate surface area is 121 Å². The molecule has 0 aromatic rings. The van der Waals surface area contributed by atoms with Crippen molar-refractivity contribution in [2.45, 2.75) is 92.8 Å². The van der Waals surface area contributed by atoms with Crippen LogP contribution in [-0.2, 0) is 0 Å². The molecule has 0 rings (SSSR count). The Morgan fingerprint density at radius 1 is 0.842 bits per heavy atom. The summed E-state index contributed by atoms with van der Waals surface area (Å²) in [5.74, 6) is 1.46. The third kappa shape index (κ3) is 9.07. The molecule has 2 heteroatoms. The first-order valence-electron chi connectivity index (χ1n) is 7.85. The number of nitrogens with zero attached hydrogens (tertiary/aromatic N) is 2. The lowest BCUT2D eigenvalue weighted by atomic mass is 9.99. The average Bonchev–Trinajstić information content (AvgIpc) is 2.12. The van der Waals surface area contributed by atoms with E-state index in [1.165, 1.54) is 12.8 Å². The molecule has 0 aromatic carbocycles. The standard InChI is InChI=1S/C17H36N2/c1-13(2)10-15(5)19(12-18-17(7,8)9)16(6)11-14(3)4/h12-16H,10-11H2,1-9H3. The molecule has 0 spiro atoms. The van der Waals surface area contributed by atoms with Gasteiger partial charge in [0, 0.05) is 12.1 Å². The molecule has 0 radical (unpaired) electrons. The molecule has 0 aromatic heterocycles. The van der Waals surface area contributed by atoms with Gasteiger partial charge < -0.3 is 4.90 Å². The zero-order chi connectivity index (χ0) is 15.2. The average molecular weight is 268 g/mol. The summed E-state index contributed by atoms with van der Waals surface area (Å²) < 4.78 is 0. The maximum Gasteiger partial charge on any atom is 0.0861 e. The summed E-state index contributed by atoms with van der Waals surface area (Å²) in [6.45, 7) is 20.3. The maximum absolute atomic E-state index is 4.71. The molecule has 0 heterocycles. The highest BCUT2D eigenvalue weighted by Gasteiger charge is 2.20. The lowest BCUT2D eigenvalue weighted by molar-refractivity contribution is 0.217. The van der Waals surface area contributed by atoms with Gasteiger partial charge in [-0.05, 0) is 59.3 Å². The van der Waals surface area contributed by atoms with E-state index in [2.05, 4.69) is 73.6 Å². The van der Waals surface area contributed by atoms with E-state index in [1.807, 2.05) is 0 Å². The minimum absolute atomic E-state index is 0.00729. The number of hydrogen-bond acceptors (Lipinski definition) is 1. The Hall–Kier alpha value is -0.530. The summed E-state index contributed by atoms with van der Waals surface area (Å²) in [4.78, 5) is 7.18. The van der Waals surface area contributed by atoms with Crippen LogP contribution >= 0.6 is 0 Å². The zero-order valence-electron chi connectivity index (χ0n) is 14.7. The van der Waals surface area contributed by atoms with E-state index in [4.69, 9.17) is 4.99 Å². The summed E-state index contributed by atoms with van der Waals surface area (Å²) in [5, 5.41) is 0. The number of aliphatic imine (C=N–C) groups is 1. The van der Waals surface area contributed by atoms with Gasteiger partial charge in [-0.15, -0.1) is 0 Å². The van der Waals surface area contributed by atoms with E-state index in [0.29, 0.717) is 12.1 Å². The maximum atomic E-state index is 4.71. The van der Waals surface area contributed by atoms with Crippen molar-refractivity contribution >= 4 is 6.34 Å². The molecule has 0 aliphatic heterocycles. The van der Waals surface area contributed by atoms with Crippen LogP contribution in [0.1, 0.15) is 75.2 Å². The molecule has 0 bridgehead atoms. The summed E-state index contributed by atoms with van der Waals surface area (Å²) in [7, 11) is 0. The van der Waals surface area contributed by atoms with Gasteiger partial charge in [-0.1, -0.05) is 27.7 Å². The summed E-state index contributed by atoms with van der Waals surface area (Å²) in [5.41, 5.74) is 0.00729. The van der Waals surface area contributed by atoms with Crippen molar-refractivity contribution in [2.75, 3.05) is 0 Å². The second-order valence-corrected chi connectivity index (χ2v) is 7.82. The van der Waals surface area contributed by atoms with E-state index in [-0.39, 0.29) is 5.54 Å². The molecule has 0 saturated carbocycles. The largest absolute Gasteiger partial charge is 0.358 e. The van der Waals surface area contributed by atoms with E-state index in [1.54, 1.807) is 0 Å². The molecule has 19 heavy (non-hydrogen) atoms. The molecule has 2 atom stereocenters. The fourth-order valence-corrected chi connectivity index (χ4v) is 2.51. The van der Waals surface area contributed by atoms with Crippen molar-refractivity contribution in [2.24, 2.45) is 16.8 Å². The fourth-order valence-electron chi connectivity index (χ4n) is 2.51. The first kappa shape index (κ1) is 18.5. The van der Waals surface area contributed by atoms with Crippen molar-refractivity contribution in [3.8, 4) is 0 Å². The molecule has 0 aliphatic rings. The highest BCUT2D eigenvalue weighted by Crippen LogP contribution is 2.18. The fraction of sp³-hybridized carbons (Fsp3) is 0.941. The molecule has 2 unspecified atom stereocenters. The molecule has 0 fully saturated rings. The van der Waals surface area contributed by atoms with Crippen molar-refractivity contribution in [3.05, 3.63) is 0 Å². The van der Waals surface area contributed by atoms with Crippen LogP contribution in [0, 0.1) is 11.8 Å². The van der Waals surface area contributed by atoms with Gasteiger partial charge >= 0.3 is 0 Å². The lowest BCUT2D eigenvalue weighted by Gasteiger charge is -2.35. The van der Waals surface area contributed by atoms with E-state index in [9.17, 15) is 0 Å². The zero-order valence-corrected chi connectivity index (χ0v) is 14.7.